The third-order valence-electron chi connectivity index (χ3n) is 10.1. The molecule has 1 unspecified atom stereocenters. The second-order valence-corrected chi connectivity index (χ2v) is 16.4. The van der Waals surface area contributed by atoms with Crippen LogP contribution in [-0.4, -0.2) is 143 Å². The molecule has 2 rings (SSSR count). The summed E-state index contributed by atoms with van der Waals surface area (Å²) in [6.45, 7) is -0.719. The maximum absolute atomic E-state index is 13.4. The fourth-order valence-electron chi connectivity index (χ4n) is 6.74. The molecule has 26 heteroatoms. The van der Waals surface area contributed by atoms with Crippen LogP contribution in [0.25, 0.3) is 0 Å². The number of nitrogens with one attached hydrogen (secondary N) is 9. The summed E-state index contributed by atoms with van der Waals surface area (Å²) in [5.74, 6) is -9.34. The highest BCUT2D eigenvalue weighted by Gasteiger charge is 2.42. The minimum absolute atomic E-state index is 0.0327. The molecule has 354 valence electrons. The minimum atomic E-state index is -1.48. The zero-order valence-corrected chi connectivity index (χ0v) is 35.8. The van der Waals surface area contributed by atoms with Crippen LogP contribution in [0.15, 0.2) is 0 Å². The van der Waals surface area contributed by atoms with E-state index in [0.717, 1.165) is 18.6 Å². The molecular formula is C37H62N12O13S. The van der Waals surface area contributed by atoms with Gasteiger partial charge in [-0.15, -0.1) is 0 Å². The van der Waals surface area contributed by atoms with Gasteiger partial charge < -0.3 is 64.8 Å². The van der Waals surface area contributed by atoms with Crippen molar-refractivity contribution in [1.82, 2.24) is 48.0 Å². The van der Waals surface area contributed by atoms with Gasteiger partial charge in [0.2, 0.25) is 53.2 Å². The lowest BCUT2D eigenvalue weighted by Crippen LogP contribution is -2.55. The summed E-state index contributed by atoms with van der Waals surface area (Å²) in [7, 11) is 0. The van der Waals surface area contributed by atoms with Crippen molar-refractivity contribution in [3.63, 3.8) is 0 Å². The highest BCUT2D eigenvalue weighted by molar-refractivity contribution is 8.00. The quantitative estimate of drug-likeness (QED) is 0.0131. The Balaban J connectivity index is 1.79. The van der Waals surface area contributed by atoms with Crippen molar-refractivity contribution in [3.05, 3.63) is 0 Å². The van der Waals surface area contributed by atoms with Crippen LogP contribution >= 0.6 is 11.8 Å². The Morgan fingerprint density at radius 3 is 2.02 bits per heavy atom. The Morgan fingerprint density at radius 2 is 1.35 bits per heavy atom. The van der Waals surface area contributed by atoms with Crippen LogP contribution in [0.2, 0.25) is 0 Å². The molecular weight excluding hydrogens is 853 g/mol. The van der Waals surface area contributed by atoms with Crippen LogP contribution in [0.4, 0.5) is 4.79 Å². The molecule has 2 saturated heterocycles. The average Bonchev–Trinajstić information content (AvgIpc) is 3.79. The molecule has 0 spiro atoms. The number of hydroxylamine groups is 1. The van der Waals surface area contributed by atoms with E-state index in [1.807, 2.05) is 11.8 Å². The summed E-state index contributed by atoms with van der Waals surface area (Å²) in [6, 6.07) is -3.77. The van der Waals surface area contributed by atoms with Gasteiger partial charge in [-0.25, -0.2) is 10.3 Å². The number of urea groups is 1. The molecule has 0 aliphatic carbocycles. The molecule has 63 heavy (non-hydrogen) atoms. The molecule has 0 aromatic heterocycles. The van der Waals surface area contributed by atoms with Gasteiger partial charge in [-0.1, -0.05) is 6.42 Å². The first-order valence-corrected chi connectivity index (χ1v) is 21.8. The topological polar surface area (TPSA) is 415 Å². The fourth-order valence-corrected chi connectivity index (χ4v) is 8.29. The number of hydrogen-bond acceptors (Lipinski definition) is 14. The number of aliphatic carboxylic acids is 1. The number of primary amides is 2. The van der Waals surface area contributed by atoms with Crippen molar-refractivity contribution in [1.29, 1.82) is 0 Å². The number of rotatable bonds is 32. The van der Waals surface area contributed by atoms with Crippen LogP contribution in [0, 0.1) is 5.92 Å². The summed E-state index contributed by atoms with van der Waals surface area (Å²) in [4.78, 5) is 135. The number of carboxylic acid groups (broad SMARTS) is 1. The monoisotopic (exact) mass is 914 g/mol. The number of amides is 11. The number of nitrogens with two attached hydrogens (primary N) is 3. The van der Waals surface area contributed by atoms with Gasteiger partial charge in [0.1, 0.15) is 18.1 Å². The molecule has 2 fully saturated rings. The zero-order chi connectivity index (χ0) is 46.9. The van der Waals surface area contributed by atoms with Gasteiger partial charge in [0, 0.05) is 36.8 Å². The van der Waals surface area contributed by atoms with Crippen LogP contribution in [0.3, 0.4) is 0 Å². The number of hydrogen-bond donors (Lipinski definition) is 14. The Bertz CT molecular complexity index is 1640. The number of carboxylic acids is 1. The summed E-state index contributed by atoms with van der Waals surface area (Å²) < 4.78 is 0. The van der Waals surface area contributed by atoms with E-state index in [9.17, 15) is 57.8 Å². The van der Waals surface area contributed by atoms with Crippen molar-refractivity contribution < 1.29 is 63.1 Å². The van der Waals surface area contributed by atoms with E-state index in [0.29, 0.717) is 50.3 Å². The van der Waals surface area contributed by atoms with E-state index in [-0.39, 0.29) is 56.3 Å². The van der Waals surface area contributed by atoms with Gasteiger partial charge in [-0.2, -0.15) is 11.8 Å². The molecule has 17 N–H and O–H groups in total. The summed E-state index contributed by atoms with van der Waals surface area (Å²) in [6.07, 6.45) is 2.31. The summed E-state index contributed by atoms with van der Waals surface area (Å²) in [5, 5.41) is 38.8. The molecule has 0 radical (unpaired) electrons. The first kappa shape index (κ1) is 53.4. The second kappa shape index (κ2) is 28.8. The molecule has 2 heterocycles. The van der Waals surface area contributed by atoms with E-state index >= 15 is 0 Å². The van der Waals surface area contributed by atoms with E-state index in [4.69, 9.17) is 22.4 Å². The van der Waals surface area contributed by atoms with Crippen LogP contribution < -0.4 is 65.2 Å². The van der Waals surface area contributed by atoms with Crippen molar-refractivity contribution in [2.24, 2.45) is 23.1 Å². The number of carbonyl (C=O) groups is 11. The zero-order valence-electron chi connectivity index (χ0n) is 35.0. The summed E-state index contributed by atoms with van der Waals surface area (Å²) >= 11 is 1.82. The smallest absolute Gasteiger partial charge is 0.315 e. The van der Waals surface area contributed by atoms with Gasteiger partial charge in [0.15, 0.2) is 0 Å². The van der Waals surface area contributed by atoms with Gasteiger partial charge in [0.25, 0.3) is 0 Å². The molecule has 25 nitrogen and oxygen atoms in total. The molecule has 0 aromatic rings. The minimum Gasteiger partial charge on any atom is -0.481 e. The maximum atomic E-state index is 13.4. The highest BCUT2D eigenvalue weighted by Crippen LogP contribution is 2.33. The third-order valence-corrected chi connectivity index (χ3v) is 11.6. The predicted molar refractivity (Wildman–Crippen MR) is 223 cm³/mol. The van der Waals surface area contributed by atoms with Gasteiger partial charge in [0.05, 0.1) is 37.5 Å². The Hall–Kier alpha value is -5.76. The van der Waals surface area contributed by atoms with Crippen molar-refractivity contribution in [2.45, 2.75) is 125 Å². The van der Waals surface area contributed by atoms with Gasteiger partial charge in [-0.3, -0.25) is 53.2 Å². The van der Waals surface area contributed by atoms with Crippen molar-refractivity contribution in [2.75, 3.05) is 31.9 Å². The normalized spacial score (nSPS) is 18.1. The van der Waals surface area contributed by atoms with E-state index < -0.39 is 103 Å². The van der Waals surface area contributed by atoms with Crippen LogP contribution in [-0.2, 0) is 47.9 Å². The molecule has 7 atom stereocenters. The number of thioether (sulfide) groups is 1. The highest BCUT2D eigenvalue weighted by atomic mass is 32.2. The van der Waals surface area contributed by atoms with Gasteiger partial charge >= 0.3 is 12.0 Å². The molecule has 2 aliphatic heterocycles. The van der Waals surface area contributed by atoms with Crippen molar-refractivity contribution >= 4 is 76.9 Å². The SMILES string of the molecule is NCCCC[C@H](NC(=O)C(CC(=O)O)CC(=O)NO)C(=O)N[C@@H](CCC(N)=O)C(=O)NCC(=O)NCC(=O)N[C@@H](CCCCNC(=O)CCCC[C@@H]1SC[C@@H]2NC(=O)N[C@@H]21)C(N)=O. The standard InChI is InChI=1S/C37H62N12O13S/c38-13-5-3-8-22(45-34(58)20(16-31(55)56)15-28(52)49-62)36(60)46-23(11-12-26(39)50)35(59)43-17-29(53)42-18-30(54)44-21(33(40)57)7-4-6-14-41-27(51)10-2-1-9-25-32-24(19-63-25)47-37(61)48-32/h20-25,32,62H,1-19,38H2,(H2,39,50)(H2,40,57)(H,41,51)(H,42,53)(H,43,59)(H,44,54)(H,45,58)(H,46,60)(H,49,52)(H,55,56)(H2,47,48,61)/t20?,21-,22-,23-,24-,25-,32-/m0/s1. The number of fused-ring (bicyclic) bond motifs is 1. The number of carbonyl (C=O) groups excluding carboxylic acids is 10. The van der Waals surface area contributed by atoms with E-state index in [1.165, 1.54) is 5.48 Å². The second-order valence-electron chi connectivity index (χ2n) is 15.2. The van der Waals surface area contributed by atoms with Gasteiger partial charge in [-0.05, 0) is 64.3 Å². The third kappa shape index (κ3) is 21.2. The molecule has 0 bridgehead atoms. The van der Waals surface area contributed by atoms with Crippen molar-refractivity contribution in [3.8, 4) is 0 Å². The molecule has 0 aromatic carbocycles. The average molecular weight is 915 g/mol. The molecule has 11 amide bonds. The molecule has 2 aliphatic rings. The summed E-state index contributed by atoms with van der Waals surface area (Å²) in [5.41, 5.74) is 17.5. The van der Waals surface area contributed by atoms with Crippen LogP contribution in [0.5, 0.6) is 0 Å². The predicted octanol–water partition coefficient (Wildman–Crippen LogP) is -4.45. The first-order valence-electron chi connectivity index (χ1n) is 20.8. The van der Waals surface area contributed by atoms with Crippen LogP contribution in [0.1, 0.15) is 89.9 Å². The Morgan fingerprint density at radius 1 is 0.683 bits per heavy atom. The lowest BCUT2D eigenvalue weighted by atomic mass is 9.98. The molecule has 0 saturated carbocycles. The fraction of sp³-hybridized carbons (Fsp3) is 0.703. The van der Waals surface area contributed by atoms with E-state index in [1.54, 1.807) is 0 Å². The lowest BCUT2D eigenvalue weighted by Gasteiger charge is -2.24. The largest absolute Gasteiger partial charge is 0.481 e. The first-order chi connectivity index (χ1) is 29.9. The Kier molecular flexibility index (Phi) is 24.4. The van der Waals surface area contributed by atoms with E-state index in [2.05, 4.69) is 42.5 Å². The maximum Gasteiger partial charge on any atom is 0.315 e. The Labute approximate surface area is 367 Å². The lowest BCUT2D eigenvalue weighted by molar-refractivity contribution is -0.143. The number of unbranched alkanes of at least 4 members (excludes halogenated alkanes) is 3.